The van der Waals surface area contributed by atoms with Gasteiger partial charge in [0.2, 0.25) is 0 Å². The maximum atomic E-state index is 12.5. The molecule has 1 aliphatic rings. The molecule has 124 valence electrons. The van der Waals surface area contributed by atoms with Crippen molar-refractivity contribution in [2.75, 3.05) is 18.5 Å². The van der Waals surface area contributed by atoms with Gasteiger partial charge in [0.15, 0.2) is 11.5 Å². The molecule has 0 saturated heterocycles. The van der Waals surface area contributed by atoms with E-state index < -0.39 is 10.8 Å². The van der Waals surface area contributed by atoms with E-state index in [1.807, 2.05) is 0 Å². The number of nitro benzene ring substituents is 1. The summed E-state index contributed by atoms with van der Waals surface area (Å²) in [5.74, 6) is -0.0627. The molecular weight excluding hydrogens is 336 g/mol. The van der Waals surface area contributed by atoms with Gasteiger partial charge in [-0.15, -0.1) is 0 Å². The van der Waals surface area contributed by atoms with Crippen LogP contribution in [0, 0.1) is 17.0 Å². The number of carbonyl (C=O) groups excluding carboxylic acids is 1. The largest absolute Gasteiger partial charge is 0.486 e. The van der Waals surface area contributed by atoms with Crippen molar-refractivity contribution in [2.24, 2.45) is 0 Å². The van der Waals surface area contributed by atoms with Crippen molar-refractivity contribution in [3.8, 4) is 11.5 Å². The zero-order valence-electron chi connectivity index (χ0n) is 12.7. The van der Waals surface area contributed by atoms with Crippen molar-refractivity contribution in [2.45, 2.75) is 6.92 Å². The molecule has 8 heteroatoms. The predicted octanol–water partition coefficient (Wildman–Crippen LogP) is 3.58. The van der Waals surface area contributed by atoms with Gasteiger partial charge in [-0.05, 0) is 24.6 Å². The third kappa shape index (κ3) is 3.11. The van der Waals surface area contributed by atoms with Gasteiger partial charge >= 0.3 is 0 Å². The fourth-order valence-corrected chi connectivity index (χ4v) is 2.50. The fourth-order valence-electron chi connectivity index (χ4n) is 2.33. The summed E-state index contributed by atoms with van der Waals surface area (Å²) in [6.45, 7) is 2.42. The minimum Gasteiger partial charge on any atom is -0.486 e. The summed E-state index contributed by atoms with van der Waals surface area (Å²) in [6, 6.07) is 7.55. The van der Waals surface area contributed by atoms with Crippen LogP contribution in [-0.4, -0.2) is 24.0 Å². The number of ether oxygens (including phenoxy) is 2. The van der Waals surface area contributed by atoms with E-state index in [2.05, 4.69) is 5.32 Å². The lowest BCUT2D eigenvalue weighted by Gasteiger charge is -2.19. The summed E-state index contributed by atoms with van der Waals surface area (Å²) < 4.78 is 10.7. The molecule has 0 bridgehead atoms. The van der Waals surface area contributed by atoms with Gasteiger partial charge in [0.1, 0.15) is 18.8 Å². The number of nitro groups is 1. The molecule has 7 nitrogen and oxygen atoms in total. The Balaban J connectivity index is 1.99. The Morgan fingerprint density at radius 2 is 1.88 bits per heavy atom. The van der Waals surface area contributed by atoms with Crippen LogP contribution in [-0.2, 0) is 0 Å². The van der Waals surface area contributed by atoms with Crippen LogP contribution in [0.25, 0.3) is 0 Å². The molecule has 0 unspecified atom stereocenters. The van der Waals surface area contributed by atoms with Gasteiger partial charge in [-0.2, -0.15) is 0 Å². The van der Waals surface area contributed by atoms with Crippen LogP contribution in [0.4, 0.5) is 11.4 Å². The van der Waals surface area contributed by atoms with Crippen molar-refractivity contribution in [3.63, 3.8) is 0 Å². The number of nitrogens with zero attached hydrogens (tertiary/aromatic N) is 1. The van der Waals surface area contributed by atoms with Gasteiger partial charge in [0, 0.05) is 16.8 Å². The van der Waals surface area contributed by atoms with E-state index >= 15 is 0 Å². The summed E-state index contributed by atoms with van der Waals surface area (Å²) in [5.41, 5.74) is 0.810. The highest BCUT2D eigenvalue weighted by molar-refractivity contribution is 6.31. The highest BCUT2D eigenvalue weighted by atomic mass is 35.5. The first-order valence-electron chi connectivity index (χ1n) is 7.11. The lowest BCUT2D eigenvalue weighted by atomic mass is 10.1. The topological polar surface area (TPSA) is 90.7 Å². The first kappa shape index (κ1) is 16.1. The monoisotopic (exact) mass is 348 g/mol. The number of aryl methyl sites for hydroxylation is 1. The van der Waals surface area contributed by atoms with E-state index in [0.717, 1.165) is 5.56 Å². The Morgan fingerprint density at radius 1 is 1.21 bits per heavy atom. The highest BCUT2D eigenvalue weighted by Crippen LogP contribution is 2.37. The minimum atomic E-state index is -0.627. The van der Waals surface area contributed by atoms with Gasteiger partial charge in [-0.3, -0.25) is 14.9 Å². The molecule has 0 spiro atoms. The normalized spacial score (nSPS) is 12.6. The lowest BCUT2D eigenvalue weighted by Crippen LogP contribution is -2.19. The quantitative estimate of drug-likeness (QED) is 0.676. The first-order chi connectivity index (χ1) is 11.5. The summed E-state index contributed by atoms with van der Waals surface area (Å²) in [5, 5.41) is 14.4. The Labute approximate surface area is 142 Å². The molecule has 0 atom stereocenters. The van der Waals surface area contributed by atoms with Crippen molar-refractivity contribution in [3.05, 3.63) is 56.6 Å². The molecule has 0 aliphatic carbocycles. The number of benzene rings is 2. The standard InChI is InChI=1S/C16H13ClN2O5/c1-9-2-3-10(17)6-12(9)18-16(20)11-7-14-15(24-5-4-23-14)8-13(11)19(21)22/h2-3,6-8H,4-5H2,1H3,(H,18,20). The average molecular weight is 349 g/mol. The molecule has 0 fully saturated rings. The molecule has 0 aromatic heterocycles. The maximum absolute atomic E-state index is 12.5. The van der Waals surface area contributed by atoms with E-state index in [1.54, 1.807) is 25.1 Å². The molecule has 2 aromatic carbocycles. The molecule has 0 saturated carbocycles. The summed E-state index contributed by atoms with van der Waals surface area (Å²) in [7, 11) is 0. The molecular formula is C16H13ClN2O5. The summed E-state index contributed by atoms with van der Waals surface area (Å²) >= 11 is 5.93. The number of rotatable bonds is 3. The fraction of sp³-hybridized carbons (Fsp3) is 0.188. The van der Waals surface area contributed by atoms with E-state index in [0.29, 0.717) is 29.7 Å². The van der Waals surface area contributed by atoms with Crippen LogP contribution in [0.1, 0.15) is 15.9 Å². The second-order valence-electron chi connectivity index (χ2n) is 5.18. The molecule has 1 aliphatic heterocycles. The van der Waals surface area contributed by atoms with Crippen LogP contribution in [0.15, 0.2) is 30.3 Å². The van der Waals surface area contributed by atoms with Crippen LogP contribution >= 0.6 is 11.6 Å². The van der Waals surface area contributed by atoms with Crippen molar-refractivity contribution < 1.29 is 19.2 Å². The first-order valence-corrected chi connectivity index (χ1v) is 7.49. The average Bonchev–Trinajstić information content (AvgIpc) is 2.56. The molecule has 1 N–H and O–H groups in total. The molecule has 1 heterocycles. The van der Waals surface area contributed by atoms with Crippen molar-refractivity contribution >= 4 is 28.9 Å². The molecule has 3 rings (SSSR count). The van der Waals surface area contributed by atoms with E-state index in [4.69, 9.17) is 21.1 Å². The van der Waals surface area contributed by atoms with Crippen LogP contribution in [0.3, 0.4) is 0 Å². The number of halogens is 1. The summed E-state index contributed by atoms with van der Waals surface area (Å²) in [4.78, 5) is 23.2. The number of nitrogens with one attached hydrogen (secondary N) is 1. The minimum absolute atomic E-state index is 0.108. The smallest absolute Gasteiger partial charge is 0.286 e. The molecule has 24 heavy (non-hydrogen) atoms. The number of amides is 1. The van der Waals surface area contributed by atoms with Crippen LogP contribution < -0.4 is 14.8 Å². The molecule has 2 aromatic rings. The van der Waals surface area contributed by atoms with Gasteiger partial charge in [-0.1, -0.05) is 17.7 Å². The summed E-state index contributed by atoms with van der Waals surface area (Å²) in [6.07, 6.45) is 0. The molecule has 0 radical (unpaired) electrons. The van der Waals surface area contributed by atoms with Crippen LogP contribution in [0.2, 0.25) is 5.02 Å². The Morgan fingerprint density at radius 3 is 2.54 bits per heavy atom. The third-order valence-electron chi connectivity index (χ3n) is 3.55. The third-order valence-corrected chi connectivity index (χ3v) is 3.78. The number of fused-ring (bicyclic) bond motifs is 1. The Bertz CT molecular complexity index is 837. The van der Waals surface area contributed by atoms with Gasteiger partial charge in [-0.25, -0.2) is 0 Å². The van der Waals surface area contributed by atoms with Gasteiger partial charge < -0.3 is 14.8 Å². The van der Waals surface area contributed by atoms with Crippen molar-refractivity contribution in [1.29, 1.82) is 0 Å². The maximum Gasteiger partial charge on any atom is 0.286 e. The Hall–Kier alpha value is -2.80. The van der Waals surface area contributed by atoms with E-state index in [9.17, 15) is 14.9 Å². The number of hydrogen-bond donors (Lipinski definition) is 1. The number of hydrogen-bond acceptors (Lipinski definition) is 5. The second kappa shape index (κ2) is 6.37. The van der Waals surface area contributed by atoms with E-state index in [-0.39, 0.29) is 17.0 Å². The van der Waals surface area contributed by atoms with Gasteiger partial charge in [0.05, 0.1) is 11.0 Å². The predicted molar refractivity (Wildman–Crippen MR) is 88.2 cm³/mol. The van der Waals surface area contributed by atoms with Gasteiger partial charge in [0.25, 0.3) is 11.6 Å². The lowest BCUT2D eigenvalue weighted by molar-refractivity contribution is -0.385. The zero-order chi connectivity index (χ0) is 17.3. The van der Waals surface area contributed by atoms with E-state index in [1.165, 1.54) is 12.1 Å². The zero-order valence-corrected chi connectivity index (χ0v) is 13.4. The highest BCUT2D eigenvalue weighted by Gasteiger charge is 2.26. The number of anilines is 1. The molecule has 1 amide bonds. The van der Waals surface area contributed by atoms with Crippen molar-refractivity contribution in [1.82, 2.24) is 0 Å². The van der Waals surface area contributed by atoms with Crippen LogP contribution in [0.5, 0.6) is 11.5 Å². The Kier molecular flexibility index (Phi) is 4.26. The number of carbonyl (C=O) groups is 1. The second-order valence-corrected chi connectivity index (χ2v) is 5.62. The SMILES string of the molecule is Cc1ccc(Cl)cc1NC(=O)c1cc2c(cc1[N+](=O)[O-])OCCO2.